The molecular weight excluding hydrogens is 334 g/mol. The third-order valence-corrected chi connectivity index (χ3v) is 4.40. The van der Waals surface area contributed by atoms with Crippen LogP contribution in [0, 0.1) is 13.8 Å². The number of anilines is 1. The number of aryl methyl sites for hydroxylation is 2. The Hall–Kier alpha value is -2.32. The molecule has 0 aromatic carbocycles. The molecule has 1 N–H and O–H groups in total. The van der Waals surface area contributed by atoms with Crippen molar-refractivity contribution in [2.75, 3.05) is 32.2 Å². The summed E-state index contributed by atoms with van der Waals surface area (Å²) in [6, 6.07) is 3.86. The van der Waals surface area contributed by atoms with Crippen molar-refractivity contribution in [3.05, 3.63) is 45.5 Å². The molecule has 1 aliphatic rings. The summed E-state index contributed by atoms with van der Waals surface area (Å²) in [5, 5.41) is 3.29. The van der Waals surface area contributed by atoms with E-state index in [1.807, 2.05) is 26.0 Å². The summed E-state index contributed by atoms with van der Waals surface area (Å²) in [6.07, 6.45) is 0.965. The van der Waals surface area contributed by atoms with Gasteiger partial charge in [0.2, 0.25) is 0 Å². The van der Waals surface area contributed by atoms with Crippen LogP contribution in [0.3, 0.4) is 0 Å². The third kappa shape index (κ3) is 4.44. The van der Waals surface area contributed by atoms with Gasteiger partial charge in [0.25, 0.3) is 0 Å². The van der Waals surface area contributed by atoms with Crippen molar-refractivity contribution in [3.63, 3.8) is 0 Å². The topological polar surface area (TPSA) is 91.2 Å². The Morgan fingerprint density at radius 3 is 2.85 bits per heavy atom. The van der Waals surface area contributed by atoms with Gasteiger partial charge in [0.05, 0.1) is 12.3 Å². The van der Waals surface area contributed by atoms with E-state index >= 15 is 0 Å². The molecular formula is C18H25N5O3. The van der Waals surface area contributed by atoms with E-state index < -0.39 is 0 Å². The first-order chi connectivity index (χ1) is 12.6. The minimum Gasteiger partial charge on any atom is -0.381 e. The summed E-state index contributed by atoms with van der Waals surface area (Å²) in [7, 11) is 1.63. The number of aromatic nitrogens is 4. The van der Waals surface area contributed by atoms with Gasteiger partial charge in [-0.05, 0) is 26.3 Å². The highest BCUT2D eigenvalue weighted by molar-refractivity contribution is 5.37. The normalized spacial score (nSPS) is 16.8. The Kier molecular flexibility index (Phi) is 5.95. The van der Waals surface area contributed by atoms with Crippen molar-refractivity contribution in [1.82, 2.24) is 19.5 Å². The first-order valence-electron chi connectivity index (χ1n) is 8.80. The zero-order valence-corrected chi connectivity index (χ0v) is 15.5. The summed E-state index contributed by atoms with van der Waals surface area (Å²) in [6.45, 7) is 6.63. The largest absolute Gasteiger partial charge is 0.381 e. The fraction of sp³-hybridized carbons (Fsp3) is 0.556. The van der Waals surface area contributed by atoms with Crippen LogP contribution in [0.4, 0.5) is 5.82 Å². The highest BCUT2D eigenvalue weighted by atomic mass is 16.5. The number of hydrogen-bond donors (Lipinski definition) is 1. The molecule has 0 aliphatic carbocycles. The average molecular weight is 359 g/mol. The first-order valence-corrected chi connectivity index (χ1v) is 8.80. The molecule has 8 nitrogen and oxygen atoms in total. The van der Waals surface area contributed by atoms with Gasteiger partial charge >= 0.3 is 5.69 Å². The van der Waals surface area contributed by atoms with E-state index in [9.17, 15) is 4.79 Å². The van der Waals surface area contributed by atoms with Crippen LogP contribution in [0.2, 0.25) is 0 Å². The molecule has 0 bridgehead atoms. The zero-order valence-electron chi connectivity index (χ0n) is 15.5. The van der Waals surface area contributed by atoms with Crippen LogP contribution < -0.4 is 11.0 Å². The fourth-order valence-electron chi connectivity index (χ4n) is 3.12. The summed E-state index contributed by atoms with van der Waals surface area (Å²) in [5.74, 6) is 1.67. The molecule has 0 spiro atoms. The number of rotatable bonds is 7. The smallest absolute Gasteiger partial charge is 0.348 e. The second kappa shape index (κ2) is 8.37. The molecule has 1 atom stereocenters. The van der Waals surface area contributed by atoms with Crippen LogP contribution in [0.15, 0.2) is 16.9 Å². The summed E-state index contributed by atoms with van der Waals surface area (Å²) >= 11 is 0. The Bertz CT molecular complexity index is 815. The maximum Gasteiger partial charge on any atom is 0.348 e. The molecule has 0 radical (unpaired) electrons. The molecule has 1 fully saturated rings. The van der Waals surface area contributed by atoms with E-state index in [0.717, 1.165) is 35.9 Å². The van der Waals surface area contributed by atoms with Crippen LogP contribution in [0.5, 0.6) is 0 Å². The van der Waals surface area contributed by atoms with E-state index in [-0.39, 0.29) is 5.69 Å². The molecule has 2 aromatic rings. The van der Waals surface area contributed by atoms with Gasteiger partial charge < -0.3 is 14.8 Å². The van der Waals surface area contributed by atoms with Crippen LogP contribution >= 0.6 is 0 Å². The van der Waals surface area contributed by atoms with Gasteiger partial charge in [0.1, 0.15) is 12.4 Å². The molecule has 1 saturated heterocycles. The molecule has 3 heterocycles. The van der Waals surface area contributed by atoms with Crippen LogP contribution in [0.1, 0.15) is 35.2 Å². The van der Waals surface area contributed by atoms with E-state index in [1.165, 1.54) is 0 Å². The van der Waals surface area contributed by atoms with Gasteiger partial charge in [-0.15, -0.1) is 0 Å². The SMILES string of the molecule is COCc1nc(NCCn2c(C)cc(C)nc2=O)cc([C@H]2CCOC2)n1. The van der Waals surface area contributed by atoms with Gasteiger partial charge in [-0.25, -0.2) is 14.8 Å². The first kappa shape index (κ1) is 18.5. The maximum atomic E-state index is 12.0. The van der Waals surface area contributed by atoms with E-state index in [2.05, 4.69) is 20.3 Å². The minimum absolute atomic E-state index is 0.226. The Labute approximate surface area is 152 Å². The molecule has 1 aliphatic heterocycles. The Balaban J connectivity index is 1.71. The van der Waals surface area contributed by atoms with E-state index in [4.69, 9.17) is 9.47 Å². The lowest BCUT2D eigenvalue weighted by Crippen LogP contribution is -2.28. The van der Waals surface area contributed by atoms with Gasteiger partial charge in [-0.1, -0.05) is 0 Å². The predicted molar refractivity (Wildman–Crippen MR) is 97.4 cm³/mol. The van der Waals surface area contributed by atoms with E-state index in [0.29, 0.717) is 38.0 Å². The fourth-order valence-corrected chi connectivity index (χ4v) is 3.12. The second-order valence-corrected chi connectivity index (χ2v) is 6.49. The lowest BCUT2D eigenvalue weighted by atomic mass is 10.0. The highest BCUT2D eigenvalue weighted by Gasteiger charge is 2.20. The molecule has 8 heteroatoms. The maximum absolute atomic E-state index is 12.0. The number of nitrogens with one attached hydrogen (secondary N) is 1. The predicted octanol–water partition coefficient (Wildman–Crippen LogP) is 1.41. The lowest BCUT2D eigenvalue weighted by Gasteiger charge is -2.14. The standard InChI is InChI=1S/C18H25N5O3/c1-12-8-13(2)23(18(24)20-12)6-5-19-16-9-15(14-4-7-26-10-14)21-17(22-16)11-25-3/h8-9,14H,4-7,10-11H2,1-3H3,(H,19,21,22)/t14-/m0/s1. The molecule has 2 aromatic heterocycles. The summed E-state index contributed by atoms with van der Waals surface area (Å²) in [4.78, 5) is 25.1. The van der Waals surface area contributed by atoms with Crippen molar-refractivity contribution >= 4 is 5.82 Å². The van der Waals surface area contributed by atoms with Crippen molar-refractivity contribution in [3.8, 4) is 0 Å². The van der Waals surface area contributed by atoms with Crippen LogP contribution in [-0.2, 0) is 22.6 Å². The number of methoxy groups -OCH3 is 1. The lowest BCUT2D eigenvalue weighted by molar-refractivity contribution is 0.177. The molecule has 3 rings (SSSR count). The quantitative estimate of drug-likeness (QED) is 0.799. The number of ether oxygens (including phenoxy) is 2. The minimum atomic E-state index is -0.226. The van der Waals surface area contributed by atoms with Crippen molar-refractivity contribution in [2.45, 2.75) is 39.3 Å². The van der Waals surface area contributed by atoms with Crippen LogP contribution in [0.25, 0.3) is 0 Å². The monoisotopic (exact) mass is 359 g/mol. The van der Waals surface area contributed by atoms with E-state index in [1.54, 1.807) is 11.7 Å². The van der Waals surface area contributed by atoms with Crippen LogP contribution in [-0.4, -0.2) is 46.4 Å². The molecule has 0 unspecified atom stereocenters. The zero-order chi connectivity index (χ0) is 18.5. The molecule has 26 heavy (non-hydrogen) atoms. The molecule has 140 valence electrons. The van der Waals surface area contributed by atoms with Crippen molar-refractivity contribution < 1.29 is 9.47 Å². The second-order valence-electron chi connectivity index (χ2n) is 6.49. The van der Waals surface area contributed by atoms with Gasteiger partial charge in [0.15, 0.2) is 5.82 Å². The molecule has 0 saturated carbocycles. The number of hydrogen-bond acceptors (Lipinski definition) is 7. The van der Waals surface area contributed by atoms with Gasteiger partial charge in [-0.2, -0.15) is 4.98 Å². The average Bonchev–Trinajstić information content (AvgIpc) is 3.12. The van der Waals surface area contributed by atoms with Crippen molar-refractivity contribution in [2.24, 2.45) is 0 Å². The Morgan fingerprint density at radius 2 is 2.15 bits per heavy atom. The molecule has 0 amide bonds. The summed E-state index contributed by atoms with van der Waals surface area (Å²) < 4.78 is 12.3. The Morgan fingerprint density at radius 1 is 1.31 bits per heavy atom. The van der Waals surface area contributed by atoms with Gasteiger partial charge in [-0.3, -0.25) is 4.57 Å². The van der Waals surface area contributed by atoms with Crippen molar-refractivity contribution in [1.29, 1.82) is 0 Å². The number of nitrogens with zero attached hydrogens (tertiary/aromatic N) is 4. The summed E-state index contributed by atoms with van der Waals surface area (Å²) in [5.41, 5.74) is 2.38. The van der Waals surface area contributed by atoms with Gasteiger partial charge in [0, 0.05) is 50.2 Å². The third-order valence-electron chi connectivity index (χ3n) is 4.40. The highest BCUT2D eigenvalue weighted by Crippen LogP contribution is 2.25.